The van der Waals surface area contributed by atoms with E-state index in [0.717, 1.165) is 16.5 Å². The molecule has 0 spiro atoms. The van der Waals surface area contributed by atoms with Crippen LogP contribution in [0.3, 0.4) is 0 Å². The number of rotatable bonds is 5. The van der Waals surface area contributed by atoms with Gasteiger partial charge >= 0.3 is 11.9 Å². The van der Waals surface area contributed by atoms with E-state index in [-0.39, 0.29) is 36.3 Å². The number of carbonyl (C=O) groups is 3. The average Bonchev–Trinajstić information content (AvgIpc) is 3.16. The molecular formula is C23H19N3O7. The second-order valence-corrected chi connectivity index (χ2v) is 7.77. The maximum Gasteiger partial charge on any atom is 0.352 e. The lowest BCUT2D eigenvalue weighted by Gasteiger charge is -2.25. The summed E-state index contributed by atoms with van der Waals surface area (Å²) in [7, 11) is 0. The molecule has 4 heterocycles. The summed E-state index contributed by atoms with van der Waals surface area (Å²) in [4.78, 5) is 54.0. The first kappa shape index (κ1) is 20.8. The summed E-state index contributed by atoms with van der Waals surface area (Å²) < 4.78 is 11.9. The highest BCUT2D eigenvalue weighted by atomic mass is 16.6. The number of amides is 1. The van der Waals surface area contributed by atoms with E-state index in [2.05, 4.69) is 5.32 Å². The van der Waals surface area contributed by atoms with Gasteiger partial charge in [-0.15, -0.1) is 0 Å². The van der Waals surface area contributed by atoms with Crippen LogP contribution in [0.4, 0.5) is 0 Å². The average molecular weight is 449 g/mol. The molecule has 5 rings (SSSR count). The van der Waals surface area contributed by atoms with E-state index in [1.54, 1.807) is 10.6 Å². The molecule has 2 aliphatic heterocycles. The number of esters is 2. The van der Waals surface area contributed by atoms with Crippen LogP contribution in [0.2, 0.25) is 0 Å². The van der Waals surface area contributed by atoms with Crippen LogP contribution >= 0.6 is 0 Å². The molecule has 1 atom stereocenters. The lowest BCUT2D eigenvalue weighted by Crippen LogP contribution is -2.37. The lowest BCUT2D eigenvalue weighted by molar-refractivity contribution is -0.171. The molecule has 0 aliphatic carbocycles. The van der Waals surface area contributed by atoms with E-state index in [0.29, 0.717) is 17.9 Å². The monoisotopic (exact) mass is 449 g/mol. The number of ether oxygens (including phenoxy) is 2. The fraction of sp³-hybridized carbons (Fsp3) is 0.261. The van der Waals surface area contributed by atoms with Gasteiger partial charge in [0.1, 0.15) is 13.2 Å². The first-order valence-corrected chi connectivity index (χ1v) is 10.4. The number of carbonyl (C=O) groups excluding carboxylic acids is 3. The summed E-state index contributed by atoms with van der Waals surface area (Å²) >= 11 is 0. The van der Waals surface area contributed by atoms with Gasteiger partial charge in [-0.05, 0) is 18.2 Å². The predicted molar refractivity (Wildman–Crippen MR) is 114 cm³/mol. The Morgan fingerprint density at radius 2 is 2.06 bits per heavy atom. The number of fused-ring (bicyclic) bond motifs is 5. The third-order valence-corrected chi connectivity index (χ3v) is 5.68. The van der Waals surface area contributed by atoms with Crippen LogP contribution in [0.25, 0.3) is 22.3 Å². The van der Waals surface area contributed by atoms with Gasteiger partial charge in [0, 0.05) is 22.9 Å². The quantitative estimate of drug-likeness (QED) is 0.422. The zero-order valence-corrected chi connectivity index (χ0v) is 17.4. The number of aliphatic hydroxyl groups is 1. The second kappa shape index (κ2) is 8.14. The normalized spacial score (nSPS) is 15.9. The molecular weight excluding hydrogens is 430 g/mol. The maximum atomic E-state index is 13.2. The van der Waals surface area contributed by atoms with Gasteiger partial charge in [-0.3, -0.25) is 14.4 Å². The summed E-state index contributed by atoms with van der Waals surface area (Å²) in [5, 5.41) is 12.0. The van der Waals surface area contributed by atoms with Crippen LogP contribution in [-0.2, 0) is 37.0 Å². The van der Waals surface area contributed by atoms with Gasteiger partial charge in [0.25, 0.3) is 5.56 Å². The molecule has 0 saturated carbocycles. The third-order valence-electron chi connectivity index (χ3n) is 5.68. The van der Waals surface area contributed by atoms with Crippen molar-refractivity contribution in [2.75, 3.05) is 13.2 Å². The van der Waals surface area contributed by atoms with E-state index in [9.17, 15) is 19.2 Å². The van der Waals surface area contributed by atoms with Gasteiger partial charge < -0.3 is 24.5 Å². The number of aliphatic hydroxyl groups excluding tert-OH is 1. The fourth-order valence-corrected chi connectivity index (χ4v) is 4.10. The number of hydrogen-bond donors (Lipinski definition) is 2. The molecule has 0 bridgehead atoms. The van der Waals surface area contributed by atoms with Crippen LogP contribution in [-0.4, -0.2) is 45.7 Å². The minimum absolute atomic E-state index is 0.161. The molecule has 3 aromatic rings. The summed E-state index contributed by atoms with van der Waals surface area (Å²) in [5.74, 6) is -2.21. The molecule has 0 radical (unpaired) electrons. The molecule has 1 unspecified atom stereocenters. The second-order valence-electron chi connectivity index (χ2n) is 7.77. The Kier molecular flexibility index (Phi) is 5.14. The highest BCUT2D eigenvalue weighted by Gasteiger charge is 2.37. The number of hydrogen-bond acceptors (Lipinski definition) is 8. The number of pyridine rings is 2. The molecule has 1 aromatic carbocycles. The number of cyclic esters (lactones) is 1. The predicted octanol–water partition coefficient (Wildman–Crippen LogP) is 0.565. The Bertz CT molecular complexity index is 1380. The summed E-state index contributed by atoms with van der Waals surface area (Å²) in [5.41, 5.74) is 2.96. The Balaban J connectivity index is 1.50. The number of aromatic nitrogens is 2. The largest absolute Gasteiger partial charge is 0.458 e. The van der Waals surface area contributed by atoms with Crippen molar-refractivity contribution in [1.29, 1.82) is 0 Å². The minimum Gasteiger partial charge on any atom is -0.458 e. The number of nitrogens with one attached hydrogen (secondary N) is 1. The Hall–Kier alpha value is -4.05. The van der Waals surface area contributed by atoms with Crippen molar-refractivity contribution < 1.29 is 29.0 Å². The van der Waals surface area contributed by atoms with E-state index < -0.39 is 30.5 Å². The molecule has 2 N–H and O–H groups in total. The van der Waals surface area contributed by atoms with Gasteiger partial charge in [0.15, 0.2) is 0 Å². The zero-order chi connectivity index (χ0) is 23.1. The van der Waals surface area contributed by atoms with Crippen LogP contribution in [0, 0.1) is 0 Å². The van der Waals surface area contributed by atoms with Crippen molar-refractivity contribution in [3.8, 4) is 11.4 Å². The maximum absolute atomic E-state index is 13.2. The minimum atomic E-state index is -1.43. The standard InChI is InChI=1S/C23H19N3O7/c27-6-5-18(28)24-9-19(29)33-21-14-8-17-20-13(7-12-3-1-2-4-16(12)25-20)10-26(17)22(30)15(14)11-32-23(21)31/h1-4,7-8,21,27H,5-6,9-11H2,(H,24,28). The highest BCUT2D eigenvalue weighted by Crippen LogP contribution is 2.36. The summed E-state index contributed by atoms with van der Waals surface area (Å²) in [6.45, 7) is -0.731. The Labute approximate surface area is 186 Å². The molecule has 10 nitrogen and oxygen atoms in total. The van der Waals surface area contributed by atoms with Crippen molar-refractivity contribution in [2.45, 2.75) is 25.7 Å². The first-order valence-electron chi connectivity index (χ1n) is 10.4. The molecule has 33 heavy (non-hydrogen) atoms. The molecule has 0 saturated heterocycles. The van der Waals surface area contributed by atoms with Crippen molar-refractivity contribution in [2.24, 2.45) is 0 Å². The molecule has 1 amide bonds. The third kappa shape index (κ3) is 3.64. The van der Waals surface area contributed by atoms with E-state index in [1.807, 2.05) is 30.3 Å². The van der Waals surface area contributed by atoms with Gasteiger partial charge in [0.05, 0.1) is 35.6 Å². The van der Waals surface area contributed by atoms with Crippen molar-refractivity contribution in [3.05, 3.63) is 63.4 Å². The Morgan fingerprint density at radius 3 is 2.88 bits per heavy atom. The van der Waals surface area contributed by atoms with Gasteiger partial charge in [-0.1, -0.05) is 18.2 Å². The van der Waals surface area contributed by atoms with Crippen LogP contribution in [0.5, 0.6) is 0 Å². The lowest BCUT2D eigenvalue weighted by atomic mass is 10.00. The molecule has 2 aromatic heterocycles. The molecule has 2 aliphatic rings. The van der Waals surface area contributed by atoms with Crippen molar-refractivity contribution >= 4 is 28.7 Å². The number of benzene rings is 1. The number of nitrogens with zero attached hydrogens (tertiary/aromatic N) is 2. The van der Waals surface area contributed by atoms with Gasteiger partial charge in [-0.25, -0.2) is 9.78 Å². The fourth-order valence-electron chi connectivity index (χ4n) is 4.10. The van der Waals surface area contributed by atoms with E-state index in [4.69, 9.17) is 19.6 Å². The van der Waals surface area contributed by atoms with Crippen LogP contribution < -0.4 is 10.9 Å². The first-order chi connectivity index (χ1) is 16.0. The molecule has 168 valence electrons. The summed E-state index contributed by atoms with van der Waals surface area (Å²) in [6.07, 6.45) is -1.59. The van der Waals surface area contributed by atoms with E-state index >= 15 is 0 Å². The van der Waals surface area contributed by atoms with Crippen LogP contribution in [0.1, 0.15) is 29.2 Å². The SMILES string of the molecule is O=C(CCO)NCC(=O)OC1C(=O)OCc2c1cc1n(c2=O)Cc2cc3ccccc3nc2-1. The summed E-state index contributed by atoms with van der Waals surface area (Å²) in [6, 6.07) is 11.2. The van der Waals surface area contributed by atoms with Crippen LogP contribution in [0.15, 0.2) is 41.2 Å². The van der Waals surface area contributed by atoms with Crippen molar-refractivity contribution in [1.82, 2.24) is 14.9 Å². The zero-order valence-electron chi connectivity index (χ0n) is 17.4. The highest BCUT2D eigenvalue weighted by molar-refractivity contribution is 5.87. The molecule has 10 heteroatoms. The van der Waals surface area contributed by atoms with Crippen molar-refractivity contribution in [3.63, 3.8) is 0 Å². The molecule has 0 fully saturated rings. The smallest absolute Gasteiger partial charge is 0.352 e. The van der Waals surface area contributed by atoms with E-state index in [1.165, 1.54) is 0 Å². The topological polar surface area (TPSA) is 137 Å². The van der Waals surface area contributed by atoms with Gasteiger partial charge in [-0.2, -0.15) is 0 Å². The Morgan fingerprint density at radius 1 is 1.24 bits per heavy atom. The number of para-hydroxylation sites is 1. The van der Waals surface area contributed by atoms with Gasteiger partial charge in [0.2, 0.25) is 12.0 Å².